The lowest BCUT2D eigenvalue weighted by Crippen LogP contribution is -2.22. The minimum absolute atomic E-state index is 0.173. The van der Waals surface area contributed by atoms with Gasteiger partial charge in [-0.2, -0.15) is 5.10 Å². The van der Waals surface area contributed by atoms with Crippen LogP contribution in [0, 0.1) is 6.92 Å². The van der Waals surface area contributed by atoms with Crippen LogP contribution >= 0.6 is 0 Å². The van der Waals surface area contributed by atoms with Gasteiger partial charge in [0, 0.05) is 36.4 Å². The summed E-state index contributed by atoms with van der Waals surface area (Å²) in [6, 6.07) is 8.58. The Kier molecular flexibility index (Phi) is 4.47. The maximum Gasteiger partial charge on any atom is 0.257 e. The summed E-state index contributed by atoms with van der Waals surface area (Å²) in [5.41, 5.74) is 3.03. The molecule has 0 aliphatic carbocycles. The number of fused-ring (bicyclic) bond motifs is 1. The van der Waals surface area contributed by atoms with E-state index in [1.54, 1.807) is 35.0 Å². The van der Waals surface area contributed by atoms with Gasteiger partial charge < -0.3 is 10.6 Å². The summed E-state index contributed by atoms with van der Waals surface area (Å²) in [5.74, 6) is -0.460. The first-order chi connectivity index (χ1) is 12.0. The average Bonchev–Trinajstić information content (AvgIpc) is 2.89. The number of aryl methyl sites for hydroxylation is 2. The molecule has 2 amide bonds. The van der Waals surface area contributed by atoms with Crippen LogP contribution in [0.2, 0.25) is 0 Å². The molecule has 0 bridgehead atoms. The summed E-state index contributed by atoms with van der Waals surface area (Å²) in [6.45, 7) is 4.28. The van der Waals surface area contributed by atoms with Crippen LogP contribution in [0.1, 0.15) is 33.3 Å². The quantitative estimate of drug-likeness (QED) is 0.764. The molecule has 0 aliphatic rings. The van der Waals surface area contributed by atoms with E-state index in [2.05, 4.69) is 20.7 Å². The van der Waals surface area contributed by atoms with Crippen LogP contribution in [-0.4, -0.2) is 33.1 Å². The molecule has 7 nitrogen and oxygen atoms in total. The van der Waals surface area contributed by atoms with E-state index in [-0.39, 0.29) is 11.8 Å². The lowest BCUT2D eigenvalue weighted by atomic mass is 10.1. The second-order valence-corrected chi connectivity index (χ2v) is 5.70. The summed E-state index contributed by atoms with van der Waals surface area (Å²) in [4.78, 5) is 28.7. The first-order valence-electron chi connectivity index (χ1n) is 7.98. The van der Waals surface area contributed by atoms with Crippen molar-refractivity contribution < 1.29 is 9.59 Å². The van der Waals surface area contributed by atoms with Crippen LogP contribution in [0.15, 0.2) is 36.5 Å². The Bertz CT molecular complexity index is 961. The maximum absolute atomic E-state index is 12.5. The maximum atomic E-state index is 12.5. The van der Waals surface area contributed by atoms with Crippen LogP contribution in [-0.2, 0) is 7.05 Å². The molecule has 0 spiro atoms. The topological polar surface area (TPSA) is 88.9 Å². The van der Waals surface area contributed by atoms with Gasteiger partial charge in [0.05, 0.1) is 11.3 Å². The molecule has 0 atom stereocenters. The fourth-order valence-corrected chi connectivity index (χ4v) is 2.64. The highest BCUT2D eigenvalue weighted by Crippen LogP contribution is 2.18. The zero-order chi connectivity index (χ0) is 18.0. The van der Waals surface area contributed by atoms with Gasteiger partial charge in [0.2, 0.25) is 0 Å². The van der Waals surface area contributed by atoms with E-state index < -0.39 is 0 Å². The summed E-state index contributed by atoms with van der Waals surface area (Å²) in [7, 11) is 1.81. The normalized spacial score (nSPS) is 10.7. The van der Waals surface area contributed by atoms with Gasteiger partial charge >= 0.3 is 0 Å². The average molecular weight is 337 g/mol. The summed E-state index contributed by atoms with van der Waals surface area (Å²) in [5, 5.41) is 10.7. The van der Waals surface area contributed by atoms with E-state index in [0.29, 0.717) is 23.4 Å². The fourth-order valence-electron chi connectivity index (χ4n) is 2.64. The molecule has 0 saturated heterocycles. The molecular weight excluding hydrogens is 318 g/mol. The highest BCUT2D eigenvalue weighted by atomic mass is 16.2. The van der Waals surface area contributed by atoms with Gasteiger partial charge in [0.25, 0.3) is 11.8 Å². The Balaban J connectivity index is 1.84. The third-order valence-electron chi connectivity index (χ3n) is 3.85. The molecule has 7 heteroatoms. The standard InChI is InChI=1S/C18H19N5O2/c1-4-19-17(24)12-6-5-7-14(8-12)21-18(25)13-9-15-11(2)22-23(3)16(15)20-10-13/h5-10H,4H2,1-3H3,(H,19,24)(H,21,25). The molecule has 1 aromatic carbocycles. The van der Waals surface area contributed by atoms with Crippen LogP contribution in [0.3, 0.4) is 0 Å². The van der Waals surface area contributed by atoms with E-state index in [1.807, 2.05) is 20.9 Å². The molecule has 0 unspecified atom stereocenters. The van der Waals surface area contributed by atoms with Crippen LogP contribution in [0.4, 0.5) is 5.69 Å². The molecule has 2 aromatic heterocycles. The number of hydrogen-bond acceptors (Lipinski definition) is 4. The molecular formula is C18H19N5O2. The Morgan fingerprint density at radius 3 is 2.72 bits per heavy atom. The second-order valence-electron chi connectivity index (χ2n) is 5.70. The Labute approximate surface area is 145 Å². The molecule has 0 radical (unpaired) electrons. The van der Waals surface area contributed by atoms with Gasteiger partial charge in [-0.15, -0.1) is 0 Å². The predicted octanol–water partition coefficient (Wildman–Crippen LogP) is 2.28. The predicted molar refractivity (Wildman–Crippen MR) is 95.6 cm³/mol. The minimum atomic E-state index is -0.286. The number of nitrogens with one attached hydrogen (secondary N) is 2. The molecule has 2 N–H and O–H groups in total. The van der Waals surface area contributed by atoms with Crippen molar-refractivity contribution in [1.29, 1.82) is 0 Å². The number of rotatable bonds is 4. The molecule has 25 heavy (non-hydrogen) atoms. The monoisotopic (exact) mass is 337 g/mol. The number of carbonyl (C=O) groups is 2. The lowest BCUT2D eigenvalue weighted by Gasteiger charge is -2.08. The van der Waals surface area contributed by atoms with Crippen molar-refractivity contribution in [3.8, 4) is 0 Å². The van der Waals surface area contributed by atoms with Crippen molar-refractivity contribution >= 4 is 28.5 Å². The molecule has 3 rings (SSSR count). The van der Waals surface area contributed by atoms with Gasteiger partial charge in [-0.1, -0.05) is 6.07 Å². The first kappa shape index (κ1) is 16.6. The number of nitrogens with zero attached hydrogens (tertiary/aromatic N) is 3. The molecule has 3 aromatic rings. The van der Waals surface area contributed by atoms with E-state index in [1.165, 1.54) is 6.20 Å². The zero-order valence-corrected chi connectivity index (χ0v) is 14.3. The largest absolute Gasteiger partial charge is 0.352 e. The molecule has 128 valence electrons. The summed E-state index contributed by atoms with van der Waals surface area (Å²) >= 11 is 0. The van der Waals surface area contributed by atoms with Gasteiger partial charge in [-0.3, -0.25) is 14.3 Å². The Morgan fingerprint density at radius 1 is 1.16 bits per heavy atom. The van der Waals surface area contributed by atoms with E-state index in [4.69, 9.17) is 0 Å². The number of benzene rings is 1. The smallest absolute Gasteiger partial charge is 0.257 e. The van der Waals surface area contributed by atoms with E-state index in [0.717, 1.165) is 16.7 Å². The van der Waals surface area contributed by atoms with Gasteiger partial charge in [0.15, 0.2) is 5.65 Å². The SMILES string of the molecule is CCNC(=O)c1cccc(NC(=O)c2cnc3c(c2)c(C)nn3C)c1. The third-order valence-corrected chi connectivity index (χ3v) is 3.85. The summed E-state index contributed by atoms with van der Waals surface area (Å²) in [6.07, 6.45) is 1.52. The Hall–Kier alpha value is -3.22. The minimum Gasteiger partial charge on any atom is -0.352 e. The fraction of sp³-hybridized carbons (Fsp3) is 0.222. The van der Waals surface area contributed by atoms with Crippen molar-refractivity contribution in [2.75, 3.05) is 11.9 Å². The summed E-state index contributed by atoms with van der Waals surface area (Å²) < 4.78 is 1.68. The zero-order valence-electron chi connectivity index (χ0n) is 14.3. The number of aromatic nitrogens is 3. The van der Waals surface area contributed by atoms with E-state index >= 15 is 0 Å². The molecule has 0 aliphatic heterocycles. The van der Waals surface area contributed by atoms with Crippen molar-refractivity contribution in [3.63, 3.8) is 0 Å². The number of pyridine rings is 1. The van der Waals surface area contributed by atoms with Crippen molar-refractivity contribution in [3.05, 3.63) is 53.3 Å². The molecule has 0 fully saturated rings. The highest BCUT2D eigenvalue weighted by Gasteiger charge is 2.13. The number of carbonyl (C=O) groups excluding carboxylic acids is 2. The van der Waals surface area contributed by atoms with Gasteiger partial charge in [0.1, 0.15) is 0 Å². The lowest BCUT2D eigenvalue weighted by molar-refractivity contribution is 0.0954. The van der Waals surface area contributed by atoms with Crippen LogP contribution in [0.25, 0.3) is 11.0 Å². The second kappa shape index (κ2) is 6.72. The van der Waals surface area contributed by atoms with Crippen LogP contribution < -0.4 is 10.6 Å². The van der Waals surface area contributed by atoms with Crippen LogP contribution in [0.5, 0.6) is 0 Å². The third kappa shape index (κ3) is 3.35. The Morgan fingerprint density at radius 2 is 1.96 bits per heavy atom. The molecule has 0 saturated carbocycles. The van der Waals surface area contributed by atoms with Crippen molar-refractivity contribution in [2.24, 2.45) is 7.05 Å². The van der Waals surface area contributed by atoms with Crippen molar-refractivity contribution in [1.82, 2.24) is 20.1 Å². The van der Waals surface area contributed by atoms with Gasteiger partial charge in [-0.25, -0.2) is 4.98 Å². The highest BCUT2D eigenvalue weighted by molar-refractivity contribution is 6.06. The van der Waals surface area contributed by atoms with E-state index in [9.17, 15) is 9.59 Å². The number of hydrogen-bond donors (Lipinski definition) is 2. The number of amides is 2. The first-order valence-corrected chi connectivity index (χ1v) is 7.98. The molecule has 2 heterocycles. The number of anilines is 1. The van der Waals surface area contributed by atoms with Gasteiger partial charge in [-0.05, 0) is 38.1 Å². The van der Waals surface area contributed by atoms with Crippen molar-refractivity contribution in [2.45, 2.75) is 13.8 Å².